The lowest BCUT2D eigenvalue weighted by Crippen LogP contribution is -2.31. The Labute approximate surface area is 228 Å². The Balaban J connectivity index is 1.29. The molecule has 4 atom stereocenters. The molecule has 3 aliphatic carbocycles. The van der Waals surface area contributed by atoms with E-state index >= 15 is 0 Å². The fraction of sp³-hybridized carbons (Fsp3) is 0.615. The van der Waals surface area contributed by atoms with Crippen LogP contribution in [0.15, 0.2) is 24.3 Å². The number of allylic oxidation sites excluding steroid dienone is 2. The third-order valence-electron chi connectivity index (χ3n) is 7.24. The first kappa shape index (κ1) is 26.2. The molecule has 1 aromatic carbocycles. The lowest BCUT2D eigenvalue weighted by Gasteiger charge is -2.28. The van der Waals surface area contributed by atoms with Crippen LogP contribution in [0.2, 0.25) is 0 Å². The first-order chi connectivity index (χ1) is 16.3. The van der Waals surface area contributed by atoms with Gasteiger partial charge in [0.15, 0.2) is 6.29 Å². The summed E-state index contributed by atoms with van der Waals surface area (Å²) in [4.78, 5) is 25.6. The molecule has 6 nitrogen and oxygen atoms in total. The Kier molecular flexibility index (Phi) is 8.82. The summed E-state index contributed by atoms with van der Waals surface area (Å²) in [5.74, 6) is 0.774. The monoisotopic (exact) mass is 694 g/mol. The van der Waals surface area contributed by atoms with Gasteiger partial charge >= 0.3 is 11.9 Å². The van der Waals surface area contributed by atoms with E-state index in [1.54, 1.807) is 6.92 Å². The molecule has 3 aliphatic rings. The van der Waals surface area contributed by atoms with Gasteiger partial charge in [-0.2, -0.15) is 0 Å². The molecule has 34 heavy (non-hydrogen) atoms. The van der Waals surface area contributed by atoms with Gasteiger partial charge in [-0.25, -0.2) is 4.79 Å². The minimum absolute atomic E-state index is 0.0504. The molecule has 2 saturated carbocycles. The van der Waals surface area contributed by atoms with Crippen molar-refractivity contribution in [1.82, 2.24) is 0 Å². The second-order valence-electron chi connectivity index (χ2n) is 9.51. The summed E-state index contributed by atoms with van der Waals surface area (Å²) >= 11 is 4.38. The van der Waals surface area contributed by atoms with Gasteiger partial charge in [0, 0.05) is 3.57 Å². The van der Waals surface area contributed by atoms with E-state index in [4.69, 9.17) is 18.9 Å². The van der Waals surface area contributed by atoms with Gasteiger partial charge in [0.2, 0.25) is 0 Å². The molecule has 186 valence electrons. The number of carbonyl (C=O) groups excluding carboxylic acids is 2. The number of ether oxygens (including phenoxy) is 4. The van der Waals surface area contributed by atoms with Crippen molar-refractivity contribution in [3.8, 4) is 5.75 Å². The molecule has 4 rings (SSSR count). The van der Waals surface area contributed by atoms with E-state index in [0.717, 1.165) is 52.1 Å². The van der Waals surface area contributed by atoms with Crippen LogP contribution in [-0.2, 0) is 19.0 Å². The summed E-state index contributed by atoms with van der Waals surface area (Å²) in [6.45, 7) is 4.27. The molecular formula is C26H32I2O6. The second kappa shape index (κ2) is 11.5. The van der Waals surface area contributed by atoms with Crippen molar-refractivity contribution in [3.05, 3.63) is 37.0 Å². The average molecular weight is 694 g/mol. The molecule has 0 heterocycles. The highest BCUT2D eigenvalue weighted by Crippen LogP contribution is 2.44. The fourth-order valence-electron chi connectivity index (χ4n) is 5.35. The molecule has 0 spiro atoms. The van der Waals surface area contributed by atoms with Gasteiger partial charge in [-0.05, 0) is 121 Å². The van der Waals surface area contributed by atoms with Crippen LogP contribution in [-0.4, -0.2) is 37.0 Å². The van der Waals surface area contributed by atoms with Gasteiger partial charge in [0.1, 0.15) is 23.5 Å². The number of benzene rings is 1. The molecule has 0 N–H and O–H groups in total. The van der Waals surface area contributed by atoms with Crippen molar-refractivity contribution in [1.29, 1.82) is 0 Å². The van der Waals surface area contributed by atoms with E-state index in [0.29, 0.717) is 23.1 Å². The van der Waals surface area contributed by atoms with Gasteiger partial charge in [-0.3, -0.25) is 4.79 Å². The predicted octanol–water partition coefficient (Wildman–Crippen LogP) is 6.27. The molecular weight excluding hydrogens is 662 g/mol. The van der Waals surface area contributed by atoms with Crippen LogP contribution in [0.25, 0.3) is 0 Å². The highest BCUT2D eigenvalue weighted by atomic mass is 127. The maximum atomic E-state index is 13.1. The van der Waals surface area contributed by atoms with Crippen LogP contribution in [0.1, 0.15) is 69.2 Å². The molecule has 4 unspecified atom stereocenters. The summed E-state index contributed by atoms with van der Waals surface area (Å²) in [5, 5.41) is 0. The molecule has 0 amide bonds. The maximum absolute atomic E-state index is 13.1. The SMILES string of the molecule is CCC1(OC(=O)c2cc(I)cc(I)c2OCCOC(C)OC(=O)C2CC3C=CC2C3)CCCC1. The third kappa shape index (κ3) is 6.08. The van der Waals surface area contributed by atoms with E-state index < -0.39 is 6.29 Å². The largest absolute Gasteiger partial charge is 0.489 e. The lowest BCUT2D eigenvalue weighted by atomic mass is 9.94. The topological polar surface area (TPSA) is 71.1 Å². The Morgan fingerprint density at radius 3 is 2.53 bits per heavy atom. The van der Waals surface area contributed by atoms with E-state index in [9.17, 15) is 9.59 Å². The smallest absolute Gasteiger partial charge is 0.342 e. The van der Waals surface area contributed by atoms with E-state index in [1.165, 1.54) is 0 Å². The van der Waals surface area contributed by atoms with E-state index in [2.05, 4.69) is 64.3 Å². The maximum Gasteiger partial charge on any atom is 0.342 e. The summed E-state index contributed by atoms with van der Waals surface area (Å²) < 4.78 is 25.0. The van der Waals surface area contributed by atoms with Gasteiger partial charge < -0.3 is 18.9 Å². The van der Waals surface area contributed by atoms with Crippen LogP contribution >= 0.6 is 45.2 Å². The molecule has 0 aromatic heterocycles. The van der Waals surface area contributed by atoms with Crippen LogP contribution in [0, 0.1) is 24.9 Å². The van der Waals surface area contributed by atoms with E-state index in [1.807, 2.05) is 12.1 Å². The standard InChI is InChI=1S/C26H32I2O6/c1-3-26(8-4-5-9-26)34-25(30)21-14-19(27)15-22(28)23(21)32-11-10-31-16(2)33-24(29)20-13-17-6-7-18(20)12-17/h6-7,14-18,20H,3-5,8-13H2,1-2H3. The van der Waals surface area contributed by atoms with Gasteiger partial charge in [0.25, 0.3) is 0 Å². The number of fused-ring (bicyclic) bond motifs is 2. The zero-order valence-electron chi connectivity index (χ0n) is 19.7. The highest BCUT2D eigenvalue weighted by molar-refractivity contribution is 14.1. The van der Waals surface area contributed by atoms with Crippen LogP contribution < -0.4 is 4.74 Å². The Hall–Kier alpha value is -0.880. The van der Waals surface area contributed by atoms with Crippen molar-refractivity contribution in [2.75, 3.05) is 13.2 Å². The first-order valence-corrected chi connectivity index (χ1v) is 14.3. The zero-order valence-corrected chi connectivity index (χ0v) is 24.0. The second-order valence-corrected chi connectivity index (χ2v) is 11.9. The van der Waals surface area contributed by atoms with Crippen LogP contribution in [0.5, 0.6) is 5.75 Å². The predicted molar refractivity (Wildman–Crippen MR) is 145 cm³/mol. The Bertz CT molecular complexity index is 939. The number of esters is 2. The number of carbonyl (C=O) groups is 2. The minimum Gasteiger partial charge on any atom is -0.489 e. The average Bonchev–Trinajstić information content (AvgIpc) is 3.55. The summed E-state index contributed by atoms with van der Waals surface area (Å²) in [6, 6.07) is 3.78. The van der Waals surface area contributed by atoms with Gasteiger partial charge in [-0.1, -0.05) is 19.1 Å². The van der Waals surface area contributed by atoms with E-state index in [-0.39, 0.29) is 36.7 Å². The third-order valence-corrected chi connectivity index (χ3v) is 8.67. The van der Waals surface area contributed by atoms with Crippen molar-refractivity contribution in [2.45, 2.75) is 70.7 Å². The molecule has 8 heteroatoms. The number of rotatable bonds is 10. The lowest BCUT2D eigenvalue weighted by molar-refractivity contribution is -0.181. The highest BCUT2D eigenvalue weighted by Gasteiger charge is 2.41. The van der Waals surface area contributed by atoms with Gasteiger partial charge in [0.05, 0.1) is 16.1 Å². The first-order valence-electron chi connectivity index (χ1n) is 12.2. The van der Waals surface area contributed by atoms with Gasteiger partial charge in [-0.15, -0.1) is 0 Å². The molecule has 0 aliphatic heterocycles. The molecule has 2 fully saturated rings. The Morgan fingerprint density at radius 1 is 1.12 bits per heavy atom. The normalized spacial score (nSPS) is 25.4. The summed E-state index contributed by atoms with van der Waals surface area (Å²) in [5.41, 5.74) is 0.0813. The zero-order chi connectivity index (χ0) is 24.3. The number of halogens is 2. The van der Waals surface area contributed by atoms with Crippen molar-refractivity contribution in [2.24, 2.45) is 17.8 Å². The van der Waals surface area contributed by atoms with Crippen molar-refractivity contribution in [3.63, 3.8) is 0 Å². The van der Waals surface area contributed by atoms with Crippen molar-refractivity contribution >= 4 is 57.1 Å². The fourth-order valence-corrected chi connectivity index (χ4v) is 7.35. The summed E-state index contributed by atoms with van der Waals surface area (Å²) in [6.07, 6.45) is 10.5. The molecule has 2 bridgehead atoms. The minimum atomic E-state index is -0.647. The van der Waals surface area contributed by atoms with Crippen molar-refractivity contribution < 1.29 is 28.5 Å². The van der Waals surface area contributed by atoms with Crippen LogP contribution in [0.4, 0.5) is 0 Å². The van der Waals surface area contributed by atoms with Crippen LogP contribution in [0.3, 0.4) is 0 Å². The quantitative estimate of drug-likeness (QED) is 0.0946. The molecule has 0 saturated heterocycles. The molecule has 1 aromatic rings. The number of hydrogen-bond acceptors (Lipinski definition) is 6. The number of hydrogen-bond donors (Lipinski definition) is 0. The molecule has 0 radical (unpaired) electrons. The summed E-state index contributed by atoms with van der Waals surface area (Å²) in [7, 11) is 0. The Morgan fingerprint density at radius 2 is 1.88 bits per heavy atom.